The second kappa shape index (κ2) is 6.05. The van der Waals surface area contributed by atoms with Gasteiger partial charge >= 0.3 is 0 Å². The fraction of sp³-hybridized carbons (Fsp3) is 0.316. The molecule has 3 rings (SSSR count). The van der Waals surface area contributed by atoms with Crippen molar-refractivity contribution in [2.75, 3.05) is 5.32 Å². The summed E-state index contributed by atoms with van der Waals surface area (Å²) in [5.41, 5.74) is 8.60. The first-order valence-electron chi connectivity index (χ1n) is 7.89. The number of rotatable bonds is 4. The number of anilines is 1. The highest BCUT2D eigenvalue weighted by atomic mass is 16.3. The van der Waals surface area contributed by atoms with Gasteiger partial charge in [-0.15, -0.1) is 0 Å². The highest BCUT2D eigenvalue weighted by Gasteiger charge is 2.12. The van der Waals surface area contributed by atoms with Crippen LogP contribution in [0.4, 0.5) is 5.69 Å². The molecule has 0 aliphatic rings. The zero-order valence-corrected chi connectivity index (χ0v) is 14.1. The van der Waals surface area contributed by atoms with Crippen LogP contribution in [0.2, 0.25) is 0 Å². The van der Waals surface area contributed by atoms with Gasteiger partial charge in [0.1, 0.15) is 0 Å². The van der Waals surface area contributed by atoms with Crippen LogP contribution >= 0.6 is 0 Å². The van der Waals surface area contributed by atoms with Gasteiger partial charge in [0.05, 0.1) is 23.7 Å². The van der Waals surface area contributed by atoms with E-state index in [1.165, 1.54) is 16.7 Å². The van der Waals surface area contributed by atoms with E-state index in [2.05, 4.69) is 55.3 Å². The SMILES string of the molecule is Cc1cc(NCc2c(C)cccc2C)c2nc(C)c(CO)n2c1. The number of hydrogen-bond acceptors (Lipinski definition) is 3. The third-order valence-corrected chi connectivity index (χ3v) is 4.41. The summed E-state index contributed by atoms with van der Waals surface area (Å²) < 4.78 is 1.98. The van der Waals surface area contributed by atoms with E-state index >= 15 is 0 Å². The van der Waals surface area contributed by atoms with Crippen molar-refractivity contribution in [3.63, 3.8) is 0 Å². The van der Waals surface area contributed by atoms with Crippen LogP contribution in [0.15, 0.2) is 30.5 Å². The Balaban J connectivity index is 2.00. The molecule has 23 heavy (non-hydrogen) atoms. The number of nitrogens with zero attached hydrogens (tertiary/aromatic N) is 2. The number of aliphatic hydroxyl groups excluding tert-OH is 1. The predicted molar refractivity (Wildman–Crippen MR) is 93.8 cm³/mol. The number of fused-ring (bicyclic) bond motifs is 1. The highest BCUT2D eigenvalue weighted by molar-refractivity contribution is 5.70. The first-order chi connectivity index (χ1) is 11.0. The minimum Gasteiger partial charge on any atom is -0.390 e. The van der Waals surface area contributed by atoms with Gasteiger partial charge in [0.2, 0.25) is 0 Å². The van der Waals surface area contributed by atoms with Crippen molar-refractivity contribution in [2.24, 2.45) is 0 Å². The predicted octanol–water partition coefficient (Wildman–Crippen LogP) is 3.67. The third-order valence-electron chi connectivity index (χ3n) is 4.41. The summed E-state index contributed by atoms with van der Waals surface area (Å²) in [6, 6.07) is 8.47. The third kappa shape index (κ3) is 2.82. The average molecular weight is 309 g/mol. The standard InChI is InChI=1S/C19H23N3O/c1-12-8-17(19-21-15(4)18(11-23)22(19)10-12)20-9-16-13(2)6-5-7-14(16)3/h5-8,10,20,23H,9,11H2,1-4H3. The Morgan fingerprint density at radius 1 is 1.13 bits per heavy atom. The maximum Gasteiger partial charge on any atom is 0.160 e. The number of aromatic nitrogens is 2. The van der Waals surface area contributed by atoms with Crippen LogP contribution in [0.3, 0.4) is 0 Å². The van der Waals surface area contributed by atoms with Crippen LogP contribution in [0.1, 0.15) is 33.6 Å². The van der Waals surface area contributed by atoms with E-state index in [9.17, 15) is 5.11 Å². The molecule has 1 aromatic carbocycles. The lowest BCUT2D eigenvalue weighted by Crippen LogP contribution is -2.06. The van der Waals surface area contributed by atoms with E-state index in [-0.39, 0.29) is 6.61 Å². The molecule has 0 amide bonds. The molecule has 0 unspecified atom stereocenters. The molecule has 0 saturated heterocycles. The number of imidazole rings is 1. The van der Waals surface area contributed by atoms with Gasteiger partial charge in [0.25, 0.3) is 0 Å². The number of hydrogen-bond donors (Lipinski definition) is 2. The summed E-state index contributed by atoms with van der Waals surface area (Å²) in [5, 5.41) is 13.1. The monoisotopic (exact) mass is 309 g/mol. The molecule has 120 valence electrons. The summed E-state index contributed by atoms with van der Waals surface area (Å²) >= 11 is 0. The minimum atomic E-state index is -0.00715. The molecule has 4 heteroatoms. The second-order valence-electron chi connectivity index (χ2n) is 6.15. The van der Waals surface area contributed by atoms with Crippen molar-refractivity contribution in [3.8, 4) is 0 Å². The van der Waals surface area contributed by atoms with Crippen molar-refractivity contribution in [3.05, 3.63) is 64.1 Å². The van der Waals surface area contributed by atoms with Crippen molar-refractivity contribution < 1.29 is 5.11 Å². The Labute approximate surface area is 136 Å². The van der Waals surface area contributed by atoms with Gasteiger partial charge in [-0.25, -0.2) is 4.98 Å². The van der Waals surface area contributed by atoms with E-state index in [1.807, 2.05) is 17.5 Å². The van der Waals surface area contributed by atoms with Crippen molar-refractivity contribution in [2.45, 2.75) is 40.8 Å². The first kappa shape index (κ1) is 15.6. The van der Waals surface area contributed by atoms with Gasteiger partial charge in [0.15, 0.2) is 5.65 Å². The number of pyridine rings is 1. The Morgan fingerprint density at radius 3 is 2.48 bits per heavy atom. The van der Waals surface area contributed by atoms with E-state index < -0.39 is 0 Å². The molecule has 0 atom stereocenters. The average Bonchev–Trinajstić information content (AvgIpc) is 2.82. The lowest BCUT2D eigenvalue weighted by molar-refractivity contribution is 0.275. The van der Waals surface area contributed by atoms with Crippen LogP contribution < -0.4 is 5.32 Å². The Bertz CT molecular complexity index is 844. The molecule has 0 radical (unpaired) electrons. The maximum absolute atomic E-state index is 9.59. The Hall–Kier alpha value is -2.33. The normalized spacial score (nSPS) is 11.2. The summed E-state index contributed by atoms with van der Waals surface area (Å²) in [6.07, 6.45) is 2.02. The van der Waals surface area contributed by atoms with Gasteiger partial charge < -0.3 is 10.4 Å². The molecule has 4 nitrogen and oxygen atoms in total. The van der Waals surface area contributed by atoms with Gasteiger partial charge in [0, 0.05) is 12.7 Å². The van der Waals surface area contributed by atoms with Crippen LogP contribution in [0.25, 0.3) is 5.65 Å². The summed E-state index contributed by atoms with van der Waals surface area (Å²) in [6.45, 7) is 9.02. The van der Waals surface area contributed by atoms with E-state index in [4.69, 9.17) is 0 Å². The second-order valence-corrected chi connectivity index (χ2v) is 6.15. The molecule has 0 saturated carbocycles. The quantitative estimate of drug-likeness (QED) is 0.773. The Kier molecular flexibility index (Phi) is 4.09. The molecule has 0 bridgehead atoms. The van der Waals surface area contributed by atoms with Crippen LogP contribution in [-0.4, -0.2) is 14.5 Å². The van der Waals surface area contributed by atoms with Gasteiger partial charge in [-0.1, -0.05) is 18.2 Å². The topological polar surface area (TPSA) is 49.6 Å². The smallest absolute Gasteiger partial charge is 0.160 e. The Morgan fingerprint density at radius 2 is 1.83 bits per heavy atom. The van der Waals surface area contributed by atoms with Crippen LogP contribution in [0, 0.1) is 27.7 Å². The maximum atomic E-state index is 9.59. The molecule has 0 aliphatic heterocycles. The molecule has 3 aromatic rings. The summed E-state index contributed by atoms with van der Waals surface area (Å²) in [7, 11) is 0. The van der Waals surface area contributed by atoms with E-state index in [0.29, 0.717) is 0 Å². The molecule has 0 spiro atoms. The molecular formula is C19H23N3O. The molecule has 0 fully saturated rings. The van der Waals surface area contributed by atoms with Crippen LogP contribution in [-0.2, 0) is 13.2 Å². The summed E-state index contributed by atoms with van der Waals surface area (Å²) in [5.74, 6) is 0. The fourth-order valence-electron chi connectivity index (χ4n) is 3.07. The van der Waals surface area contributed by atoms with Gasteiger partial charge in [-0.3, -0.25) is 4.40 Å². The number of aliphatic hydroxyl groups is 1. The van der Waals surface area contributed by atoms with Crippen LogP contribution in [0.5, 0.6) is 0 Å². The van der Waals surface area contributed by atoms with Crippen molar-refractivity contribution in [1.82, 2.24) is 9.38 Å². The highest BCUT2D eigenvalue weighted by Crippen LogP contribution is 2.23. The number of benzene rings is 1. The number of nitrogens with one attached hydrogen (secondary N) is 1. The zero-order valence-electron chi connectivity index (χ0n) is 14.1. The van der Waals surface area contributed by atoms with E-state index in [0.717, 1.165) is 34.8 Å². The number of aryl methyl sites for hydroxylation is 4. The molecule has 2 heterocycles. The minimum absolute atomic E-state index is 0.00715. The molecule has 0 aliphatic carbocycles. The summed E-state index contributed by atoms with van der Waals surface area (Å²) in [4.78, 5) is 4.62. The molecular weight excluding hydrogens is 286 g/mol. The van der Waals surface area contributed by atoms with E-state index in [1.54, 1.807) is 0 Å². The van der Waals surface area contributed by atoms with Crippen molar-refractivity contribution >= 4 is 11.3 Å². The first-order valence-corrected chi connectivity index (χ1v) is 7.89. The largest absolute Gasteiger partial charge is 0.390 e. The lowest BCUT2D eigenvalue weighted by Gasteiger charge is -2.13. The van der Waals surface area contributed by atoms with Gasteiger partial charge in [-0.2, -0.15) is 0 Å². The molecule has 2 N–H and O–H groups in total. The zero-order chi connectivity index (χ0) is 16.6. The fourth-order valence-corrected chi connectivity index (χ4v) is 3.07. The lowest BCUT2D eigenvalue weighted by atomic mass is 10.0. The van der Waals surface area contributed by atoms with Gasteiger partial charge in [-0.05, 0) is 56.0 Å². The molecule has 2 aromatic heterocycles. The van der Waals surface area contributed by atoms with Crippen molar-refractivity contribution in [1.29, 1.82) is 0 Å².